The van der Waals surface area contributed by atoms with Crippen LogP contribution in [-0.2, 0) is 23.4 Å². The third kappa shape index (κ3) is 4.89. The van der Waals surface area contributed by atoms with Crippen LogP contribution in [0.2, 0.25) is 0 Å². The summed E-state index contributed by atoms with van der Waals surface area (Å²) in [5.41, 5.74) is -5.38. The number of H-pyrrole nitrogens is 1. The molecule has 12 nitrogen and oxygen atoms in total. The van der Waals surface area contributed by atoms with Crippen LogP contribution in [0, 0.1) is 5.82 Å². The van der Waals surface area contributed by atoms with Crippen molar-refractivity contribution >= 4 is 33.2 Å². The number of hydrogen-bond acceptors (Lipinski definition) is 9. The Bertz CT molecular complexity index is 1390. The van der Waals surface area contributed by atoms with Gasteiger partial charge in [-0.3, -0.25) is 23.7 Å². The molecule has 2 aromatic rings. The van der Waals surface area contributed by atoms with Crippen molar-refractivity contribution in [1.82, 2.24) is 14.6 Å². The second-order valence-corrected chi connectivity index (χ2v) is 11.3. The number of carbonyl (C=O) groups excluding carboxylic acids is 1. The zero-order chi connectivity index (χ0) is 27.4. The molecule has 1 aromatic heterocycles. The maximum absolute atomic E-state index is 13.9. The van der Waals surface area contributed by atoms with Gasteiger partial charge in [0.05, 0.1) is 11.4 Å². The number of alkyl halides is 1. The molecule has 1 aromatic carbocycles. The number of rotatable bonds is 9. The molecule has 2 fully saturated rings. The highest BCUT2D eigenvalue weighted by Crippen LogP contribution is 2.66. The lowest BCUT2D eigenvalue weighted by atomic mass is 9.78. The maximum atomic E-state index is 13.9. The SMILES string of the molecule is [B][C@@]1(Cl)[C@H](n2ccc(=O)[nH]c2=O)O[C@@H]2C(O[P@@](=O)(NC(C)(C)C(=O)OCC)Oc3cccc(F)c3)[C@@]21O. The van der Waals surface area contributed by atoms with Crippen molar-refractivity contribution in [3.63, 3.8) is 0 Å². The van der Waals surface area contributed by atoms with Crippen molar-refractivity contribution in [3.8, 4) is 5.75 Å². The van der Waals surface area contributed by atoms with Crippen LogP contribution in [0.15, 0.2) is 46.1 Å². The van der Waals surface area contributed by atoms with Crippen LogP contribution in [0.5, 0.6) is 5.75 Å². The van der Waals surface area contributed by atoms with Gasteiger partial charge in [0.2, 0.25) is 0 Å². The predicted molar refractivity (Wildman–Crippen MR) is 128 cm³/mol. The monoisotopic (exact) mass is 557 g/mol. The minimum absolute atomic E-state index is 0.0333. The lowest BCUT2D eigenvalue weighted by Gasteiger charge is -2.34. The van der Waals surface area contributed by atoms with Crippen molar-refractivity contribution in [2.24, 2.45) is 0 Å². The molecule has 1 aliphatic heterocycles. The number of esters is 1. The first-order valence-electron chi connectivity index (χ1n) is 11.0. The summed E-state index contributed by atoms with van der Waals surface area (Å²) in [6.07, 6.45) is -3.12. The Morgan fingerprint density at radius 1 is 1.41 bits per heavy atom. The highest BCUT2D eigenvalue weighted by Gasteiger charge is 2.83. The van der Waals surface area contributed by atoms with Gasteiger partial charge in [0.15, 0.2) is 6.23 Å². The Kier molecular flexibility index (Phi) is 6.98. The largest absolute Gasteiger partial charge is 0.465 e. The second kappa shape index (κ2) is 9.37. The Balaban J connectivity index is 1.62. The summed E-state index contributed by atoms with van der Waals surface area (Å²) >= 11 is 6.44. The van der Waals surface area contributed by atoms with Gasteiger partial charge < -0.3 is 19.1 Å². The second-order valence-electron chi connectivity index (χ2n) is 9.05. The van der Waals surface area contributed by atoms with Gasteiger partial charge in [0, 0.05) is 18.3 Å². The molecule has 1 aliphatic carbocycles. The maximum Gasteiger partial charge on any atom is 0.460 e. The van der Waals surface area contributed by atoms with E-state index in [9.17, 15) is 28.4 Å². The van der Waals surface area contributed by atoms with Gasteiger partial charge in [-0.15, -0.1) is 11.6 Å². The number of aromatic nitrogens is 2. The first-order valence-corrected chi connectivity index (χ1v) is 12.9. The topological polar surface area (TPSA) is 158 Å². The molecule has 2 heterocycles. The lowest BCUT2D eigenvalue weighted by Crippen LogP contribution is -2.50. The smallest absolute Gasteiger partial charge is 0.460 e. The van der Waals surface area contributed by atoms with Crippen LogP contribution < -0.4 is 20.9 Å². The molecule has 37 heavy (non-hydrogen) atoms. The number of halogens is 2. The summed E-state index contributed by atoms with van der Waals surface area (Å²) in [6, 6.07) is 5.68. The van der Waals surface area contributed by atoms with Crippen LogP contribution in [0.1, 0.15) is 27.0 Å². The van der Waals surface area contributed by atoms with E-state index in [1.807, 2.05) is 4.98 Å². The van der Waals surface area contributed by atoms with E-state index in [0.29, 0.717) is 0 Å². The predicted octanol–water partition coefficient (Wildman–Crippen LogP) is 0.925. The summed E-state index contributed by atoms with van der Waals surface area (Å²) in [7, 11) is 1.56. The third-order valence-electron chi connectivity index (χ3n) is 5.86. The average molecular weight is 558 g/mol. The summed E-state index contributed by atoms with van der Waals surface area (Å²) in [4.78, 5) is 38.0. The summed E-state index contributed by atoms with van der Waals surface area (Å²) in [6.45, 7) is 4.31. The number of aromatic amines is 1. The Morgan fingerprint density at radius 3 is 2.68 bits per heavy atom. The van der Waals surface area contributed by atoms with Gasteiger partial charge in [-0.2, -0.15) is 5.09 Å². The number of nitrogens with zero attached hydrogens (tertiary/aromatic N) is 1. The summed E-state index contributed by atoms with van der Waals surface area (Å²) in [5.74, 6) is -1.71. The van der Waals surface area contributed by atoms with E-state index in [4.69, 9.17) is 38.0 Å². The number of nitrogens with one attached hydrogen (secondary N) is 2. The molecule has 6 atom stereocenters. The number of benzene rings is 1. The molecule has 0 spiro atoms. The van der Waals surface area contributed by atoms with E-state index in [1.165, 1.54) is 26.0 Å². The van der Waals surface area contributed by atoms with Gasteiger partial charge in [-0.05, 0) is 32.9 Å². The molecule has 198 valence electrons. The van der Waals surface area contributed by atoms with Crippen LogP contribution in [0.4, 0.5) is 4.39 Å². The van der Waals surface area contributed by atoms with Crippen molar-refractivity contribution in [2.45, 2.75) is 55.1 Å². The molecule has 2 aliphatic rings. The Hall–Kier alpha value is -2.48. The minimum Gasteiger partial charge on any atom is -0.465 e. The van der Waals surface area contributed by atoms with Crippen LogP contribution in [0.3, 0.4) is 0 Å². The van der Waals surface area contributed by atoms with E-state index in [2.05, 4.69) is 5.09 Å². The first kappa shape index (κ1) is 27.6. The van der Waals surface area contributed by atoms with Crippen LogP contribution in [-0.4, -0.2) is 63.2 Å². The van der Waals surface area contributed by atoms with Gasteiger partial charge in [-0.25, -0.2) is 13.8 Å². The number of ether oxygens (including phenoxy) is 2. The quantitative estimate of drug-likeness (QED) is 0.175. The lowest BCUT2D eigenvalue weighted by molar-refractivity contribution is -0.149. The molecule has 16 heteroatoms. The number of hydrogen-bond donors (Lipinski definition) is 3. The zero-order valence-electron chi connectivity index (χ0n) is 19.8. The van der Waals surface area contributed by atoms with Crippen molar-refractivity contribution in [1.29, 1.82) is 0 Å². The van der Waals surface area contributed by atoms with E-state index >= 15 is 0 Å². The molecular weight excluding hydrogens is 534 g/mol. The molecule has 1 saturated carbocycles. The summed E-state index contributed by atoms with van der Waals surface area (Å²) < 4.78 is 48.0. The summed E-state index contributed by atoms with van der Waals surface area (Å²) in [5, 5.41) is 13.7. The Morgan fingerprint density at radius 2 is 2.11 bits per heavy atom. The zero-order valence-corrected chi connectivity index (χ0v) is 21.5. The Labute approximate surface area is 216 Å². The van der Waals surface area contributed by atoms with Crippen molar-refractivity contribution in [3.05, 3.63) is 63.2 Å². The molecule has 0 bridgehead atoms. The molecule has 1 saturated heterocycles. The molecule has 3 N–H and O–H groups in total. The molecule has 2 radical (unpaired) electrons. The normalized spacial score (nSPS) is 30.3. The van der Waals surface area contributed by atoms with Gasteiger partial charge in [0.1, 0.15) is 42.8 Å². The fourth-order valence-corrected chi connectivity index (χ4v) is 6.21. The van der Waals surface area contributed by atoms with Crippen molar-refractivity contribution < 1.29 is 37.4 Å². The van der Waals surface area contributed by atoms with Gasteiger partial charge >= 0.3 is 19.4 Å². The average Bonchev–Trinajstić information content (AvgIpc) is 3.26. The standard InChI is InChI=1S/C21H23BClFN3O9P/c1-4-33-17(29)19(2,3)26-37(32,35-12-7-5-6-11(24)10-12)36-15-14-20(15,31)21(22,23)16(34-14)27-9-8-13(28)25-18(27)30/h5-10,14-16,31H,4H2,1-3H3,(H,26,32)(H,25,28,30)/t14-,15?,16-,20+,21-,37-/m1/s1. The molecule has 0 amide bonds. The van der Waals surface area contributed by atoms with E-state index in [1.54, 1.807) is 6.92 Å². The van der Waals surface area contributed by atoms with Crippen LogP contribution >= 0.6 is 19.3 Å². The number of aliphatic hydroxyl groups is 1. The highest BCUT2D eigenvalue weighted by atomic mass is 35.5. The van der Waals surface area contributed by atoms with Crippen LogP contribution in [0.25, 0.3) is 0 Å². The number of fused-ring (bicyclic) bond motifs is 1. The minimum atomic E-state index is -4.60. The first-order chi connectivity index (χ1) is 17.1. The van der Waals surface area contributed by atoms with E-state index in [-0.39, 0.29) is 12.4 Å². The molecule has 1 unspecified atom stereocenters. The van der Waals surface area contributed by atoms with Crippen molar-refractivity contribution in [2.75, 3.05) is 6.61 Å². The fourth-order valence-electron chi connectivity index (χ4n) is 3.96. The molecule has 4 rings (SSSR count). The van der Waals surface area contributed by atoms with E-state index < -0.39 is 65.1 Å². The highest BCUT2D eigenvalue weighted by molar-refractivity contribution is 7.52. The molecular formula is C21H23BClFN3O9P. The third-order valence-corrected chi connectivity index (χ3v) is 8.14. The van der Waals surface area contributed by atoms with E-state index in [0.717, 1.165) is 29.0 Å². The number of carbonyl (C=O) groups is 1. The van der Waals surface area contributed by atoms with Gasteiger partial charge in [0.25, 0.3) is 5.56 Å². The fraction of sp³-hybridized carbons (Fsp3) is 0.476. The van der Waals surface area contributed by atoms with Gasteiger partial charge in [-0.1, -0.05) is 6.07 Å².